The number of anilines is 1. The summed E-state index contributed by atoms with van der Waals surface area (Å²) in [5.74, 6) is -1.15. The number of amides is 1. The quantitative estimate of drug-likeness (QED) is 0.522. The van der Waals surface area contributed by atoms with Gasteiger partial charge in [0.05, 0.1) is 18.1 Å². The van der Waals surface area contributed by atoms with Crippen molar-refractivity contribution in [1.82, 2.24) is 0 Å². The van der Waals surface area contributed by atoms with E-state index < -0.39 is 12.0 Å². The minimum Gasteiger partial charge on any atom is -0.508 e. The van der Waals surface area contributed by atoms with E-state index in [9.17, 15) is 23.8 Å². The maximum atomic E-state index is 13.4. The predicted molar refractivity (Wildman–Crippen MR) is 119 cm³/mol. The second-order valence-electron chi connectivity index (χ2n) is 7.91. The number of β-lactam (4-membered cyclic amide) rings is 1. The molecule has 3 atom stereocenters. The van der Waals surface area contributed by atoms with E-state index >= 15 is 0 Å². The third kappa shape index (κ3) is 4.27. The molecule has 1 aliphatic rings. The van der Waals surface area contributed by atoms with Crippen LogP contribution in [-0.2, 0) is 4.79 Å². The summed E-state index contributed by atoms with van der Waals surface area (Å²) in [6, 6.07) is 17.9. The van der Waals surface area contributed by atoms with Crippen molar-refractivity contribution in [3.05, 3.63) is 102 Å². The molecule has 2 N–H and O–H groups in total. The van der Waals surface area contributed by atoms with Crippen LogP contribution in [0.1, 0.15) is 30.5 Å². The van der Waals surface area contributed by atoms with Crippen LogP contribution in [0.4, 0.5) is 14.5 Å². The van der Waals surface area contributed by atoms with Crippen LogP contribution in [0.15, 0.2) is 78.9 Å². The number of nitrogens with zero attached hydrogens (tertiary/aromatic N) is 1. The molecule has 0 saturated carbocycles. The molecule has 6 heteroatoms. The normalized spacial score (nSPS) is 19.6. The van der Waals surface area contributed by atoms with E-state index in [1.54, 1.807) is 60.4 Å². The van der Waals surface area contributed by atoms with Gasteiger partial charge >= 0.3 is 0 Å². The Labute approximate surface area is 185 Å². The van der Waals surface area contributed by atoms with Crippen molar-refractivity contribution in [2.45, 2.75) is 25.5 Å². The Bertz CT molecular complexity index is 1120. The van der Waals surface area contributed by atoms with Crippen molar-refractivity contribution in [2.24, 2.45) is 5.92 Å². The Hall–Kier alpha value is -3.51. The number of carbonyl (C=O) groups excluding carboxylic acids is 1. The van der Waals surface area contributed by atoms with E-state index in [1.165, 1.54) is 24.3 Å². The molecule has 4 nitrogen and oxygen atoms in total. The number of hydrogen-bond acceptors (Lipinski definition) is 3. The summed E-state index contributed by atoms with van der Waals surface area (Å²) in [6.07, 6.45) is 1.38. The Morgan fingerprint density at radius 3 is 2.09 bits per heavy atom. The number of benzene rings is 3. The Morgan fingerprint density at radius 1 is 0.969 bits per heavy atom. The van der Waals surface area contributed by atoms with E-state index in [1.807, 2.05) is 6.08 Å². The molecule has 164 valence electrons. The first-order valence-corrected chi connectivity index (χ1v) is 10.4. The van der Waals surface area contributed by atoms with Crippen molar-refractivity contribution in [3.8, 4) is 5.75 Å². The van der Waals surface area contributed by atoms with Gasteiger partial charge in [0.15, 0.2) is 0 Å². The van der Waals surface area contributed by atoms with Gasteiger partial charge in [-0.3, -0.25) is 4.79 Å². The molecule has 32 heavy (non-hydrogen) atoms. The molecular weight excluding hydrogens is 412 g/mol. The first-order valence-electron chi connectivity index (χ1n) is 10.4. The fourth-order valence-electron chi connectivity index (χ4n) is 4.15. The van der Waals surface area contributed by atoms with Gasteiger partial charge in [-0.1, -0.05) is 30.3 Å². The third-order valence-corrected chi connectivity index (χ3v) is 5.77. The first kappa shape index (κ1) is 21.7. The van der Waals surface area contributed by atoms with Gasteiger partial charge in [-0.05, 0) is 78.6 Å². The first-order chi connectivity index (χ1) is 15.3. The lowest BCUT2D eigenvalue weighted by Gasteiger charge is -2.47. The van der Waals surface area contributed by atoms with Gasteiger partial charge in [0.25, 0.3) is 0 Å². The van der Waals surface area contributed by atoms with Gasteiger partial charge in [-0.2, -0.15) is 0 Å². The minimum absolute atomic E-state index is 0.116. The number of aliphatic hydroxyl groups is 1. The molecule has 1 amide bonds. The number of aliphatic hydroxyl groups excluding tert-OH is 1. The third-order valence-electron chi connectivity index (χ3n) is 5.77. The lowest BCUT2D eigenvalue weighted by atomic mass is 9.79. The molecule has 3 aromatic carbocycles. The monoisotopic (exact) mass is 435 g/mol. The lowest BCUT2D eigenvalue weighted by Crippen LogP contribution is -2.55. The van der Waals surface area contributed by atoms with Crippen molar-refractivity contribution in [1.29, 1.82) is 0 Å². The second kappa shape index (κ2) is 8.93. The highest BCUT2D eigenvalue weighted by Crippen LogP contribution is 2.46. The molecule has 0 radical (unpaired) electrons. The number of hydrogen-bond donors (Lipinski definition) is 2. The number of phenolic OH excluding ortho intramolecular Hbond substituents is 1. The molecule has 0 bridgehead atoms. The van der Waals surface area contributed by atoms with Crippen LogP contribution in [-0.4, -0.2) is 22.2 Å². The standard InChI is InChI=1S/C26H23F2NO3/c1-16(30)23(17-2-6-19(27)7-3-17)14-15-24-25(18-4-12-22(31)13-5-18)29(26(24)32)21-10-8-20(28)9-11-21/h2-14,16,24-25,30-31H,15H2,1H3/b23-14+/t16?,24-,25-/m1/s1. The van der Waals surface area contributed by atoms with Crippen LogP contribution in [0.2, 0.25) is 0 Å². The van der Waals surface area contributed by atoms with Crippen LogP contribution in [0, 0.1) is 17.6 Å². The molecule has 4 rings (SSSR count). The Morgan fingerprint density at radius 2 is 1.53 bits per heavy atom. The summed E-state index contributed by atoms with van der Waals surface area (Å²) in [6.45, 7) is 1.63. The number of aromatic hydroxyl groups is 1. The topological polar surface area (TPSA) is 60.8 Å². The maximum absolute atomic E-state index is 13.4. The summed E-state index contributed by atoms with van der Waals surface area (Å²) < 4.78 is 26.7. The van der Waals surface area contributed by atoms with E-state index in [0.29, 0.717) is 23.2 Å². The second-order valence-corrected chi connectivity index (χ2v) is 7.91. The van der Waals surface area contributed by atoms with Crippen LogP contribution >= 0.6 is 0 Å². The van der Waals surface area contributed by atoms with Crippen LogP contribution in [0.5, 0.6) is 5.75 Å². The van der Waals surface area contributed by atoms with E-state index in [2.05, 4.69) is 0 Å². The van der Waals surface area contributed by atoms with Gasteiger partial charge < -0.3 is 15.1 Å². The molecule has 1 fully saturated rings. The molecule has 0 spiro atoms. The fraction of sp³-hybridized carbons (Fsp3) is 0.192. The fourth-order valence-corrected chi connectivity index (χ4v) is 4.15. The molecule has 1 unspecified atom stereocenters. The average Bonchev–Trinajstić information content (AvgIpc) is 2.77. The molecule has 0 aliphatic carbocycles. The zero-order chi connectivity index (χ0) is 22.8. The predicted octanol–water partition coefficient (Wildman–Crippen LogP) is 5.23. The summed E-state index contributed by atoms with van der Waals surface area (Å²) in [5, 5.41) is 19.9. The number of halogens is 2. The van der Waals surface area contributed by atoms with Gasteiger partial charge in [0.2, 0.25) is 5.91 Å². The minimum atomic E-state index is -0.795. The number of phenols is 1. The molecule has 1 saturated heterocycles. The van der Waals surface area contributed by atoms with Crippen LogP contribution in [0.25, 0.3) is 5.57 Å². The van der Waals surface area contributed by atoms with Crippen molar-refractivity contribution >= 4 is 17.2 Å². The summed E-state index contributed by atoms with van der Waals surface area (Å²) in [4.78, 5) is 14.7. The molecule has 0 aromatic heterocycles. The highest BCUT2D eigenvalue weighted by Gasteiger charge is 2.48. The van der Waals surface area contributed by atoms with E-state index in [0.717, 1.165) is 5.56 Å². The summed E-state index contributed by atoms with van der Waals surface area (Å²) in [5.41, 5.74) is 2.72. The van der Waals surface area contributed by atoms with Gasteiger partial charge in [-0.25, -0.2) is 8.78 Å². The average molecular weight is 435 g/mol. The highest BCUT2D eigenvalue weighted by molar-refractivity contribution is 6.03. The molecule has 3 aromatic rings. The van der Waals surface area contributed by atoms with Crippen LogP contribution in [0.3, 0.4) is 0 Å². The van der Waals surface area contributed by atoms with Crippen molar-refractivity contribution in [3.63, 3.8) is 0 Å². The van der Waals surface area contributed by atoms with Crippen molar-refractivity contribution < 1.29 is 23.8 Å². The van der Waals surface area contributed by atoms with Gasteiger partial charge in [0.1, 0.15) is 17.4 Å². The van der Waals surface area contributed by atoms with E-state index in [4.69, 9.17) is 0 Å². The zero-order valence-electron chi connectivity index (χ0n) is 17.5. The lowest BCUT2D eigenvalue weighted by molar-refractivity contribution is -0.130. The summed E-state index contributed by atoms with van der Waals surface area (Å²) >= 11 is 0. The van der Waals surface area contributed by atoms with Gasteiger partial charge in [-0.15, -0.1) is 0 Å². The molecular formula is C26H23F2NO3. The maximum Gasteiger partial charge on any atom is 0.233 e. The molecule has 1 aliphatic heterocycles. The SMILES string of the molecule is CC(O)/C(=C\C[C@H]1C(=O)N(c2ccc(F)cc2)[C@@H]1c1ccc(O)cc1)c1ccc(F)cc1. The van der Waals surface area contributed by atoms with Gasteiger partial charge in [0, 0.05) is 5.69 Å². The largest absolute Gasteiger partial charge is 0.508 e. The van der Waals surface area contributed by atoms with E-state index in [-0.39, 0.29) is 29.3 Å². The molecule has 1 heterocycles. The van der Waals surface area contributed by atoms with Crippen molar-refractivity contribution in [2.75, 3.05) is 4.90 Å². The summed E-state index contributed by atoms with van der Waals surface area (Å²) in [7, 11) is 0. The number of allylic oxidation sites excluding steroid dienone is 1. The highest BCUT2D eigenvalue weighted by atomic mass is 19.1. The zero-order valence-corrected chi connectivity index (χ0v) is 17.5. The Balaban J connectivity index is 1.66. The number of rotatable bonds is 6. The smallest absolute Gasteiger partial charge is 0.233 e. The Kier molecular flexibility index (Phi) is 6.06. The number of carbonyl (C=O) groups is 1. The van der Waals surface area contributed by atoms with Crippen LogP contribution < -0.4 is 4.90 Å².